The van der Waals surface area contributed by atoms with E-state index in [1.807, 2.05) is 0 Å². The van der Waals surface area contributed by atoms with E-state index >= 15 is 0 Å². The van der Waals surface area contributed by atoms with Crippen LogP contribution in [0.25, 0.3) is 0 Å². The third kappa shape index (κ3) is 4.57. The predicted molar refractivity (Wildman–Crippen MR) is 165 cm³/mol. The lowest BCUT2D eigenvalue weighted by atomic mass is 9.84. The number of nitrogens with zero attached hydrogens (tertiary/aromatic N) is 2. The summed E-state index contributed by atoms with van der Waals surface area (Å²) in [4.78, 5) is 5.35. The average Bonchev–Trinajstić information content (AvgIpc) is 3.36. The Morgan fingerprint density at radius 1 is 0.868 bits per heavy atom. The van der Waals surface area contributed by atoms with E-state index < -0.39 is 8.24 Å². The highest BCUT2D eigenvalue weighted by Gasteiger charge is 2.59. The molecule has 2 nitrogen and oxygen atoms in total. The number of rotatable bonds is 9. The molecule has 2 aliphatic heterocycles. The van der Waals surface area contributed by atoms with Crippen LogP contribution in [-0.2, 0) is 0 Å². The molecule has 0 bridgehead atoms. The summed E-state index contributed by atoms with van der Waals surface area (Å²) in [5.74, 6) is 4.11. The van der Waals surface area contributed by atoms with Gasteiger partial charge in [0.1, 0.15) is 0 Å². The van der Waals surface area contributed by atoms with Gasteiger partial charge in [-0.05, 0) is 85.0 Å². The molecule has 1 saturated carbocycles. The summed E-state index contributed by atoms with van der Waals surface area (Å²) in [6, 6.07) is 23.5. The van der Waals surface area contributed by atoms with Gasteiger partial charge in [0.05, 0.1) is 5.84 Å². The summed E-state index contributed by atoms with van der Waals surface area (Å²) in [6.45, 7) is 6.12. The number of benzene rings is 2. The second-order valence-corrected chi connectivity index (χ2v) is 15.9. The van der Waals surface area contributed by atoms with Gasteiger partial charge in [-0.3, -0.25) is 4.99 Å². The van der Waals surface area contributed by atoms with Crippen molar-refractivity contribution in [3.8, 4) is 0 Å². The molecule has 2 heterocycles. The van der Waals surface area contributed by atoms with E-state index in [2.05, 4.69) is 102 Å². The van der Waals surface area contributed by atoms with Crippen LogP contribution in [0.15, 0.2) is 103 Å². The molecular weight excluding hydrogens is 476 g/mol. The van der Waals surface area contributed by atoms with Crippen molar-refractivity contribution in [2.75, 3.05) is 13.1 Å². The molecule has 4 aliphatic rings. The van der Waals surface area contributed by atoms with Crippen molar-refractivity contribution in [3.63, 3.8) is 0 Å². The minimum absolute atomic E-state index is 0.598. The lowest BCUT2D eigenvalue weighted by molar-refractivity contribution is 0.379. The van der Waals surface area contributed by atoms with Gasteiger partial charge >= 0.3 is 0 Å². The first-order valence-corrected chi connectivity index (χ1v) is 17.3. The number of fused-ring (bicyclic) bond motifs is 2. The van der Waals surface area contributed by atoms with Crippen LogP contribution in [-0.4, -0.2) is 31.7 Å². The first-order valence-electron chi connectivity index (χ1n) is 15.2. The van der Waals surface area contributed by atoms with Crippen molar-refractivity contribution in [2.24, 2.45) is 28.7 Å². The zero-order valence-electron chi connectivity index (χ0n) is 22.9. The Bertz CT molecular complexity index is 1130. The lowest BCUT2D eigenvalue weighted by Crippen LogP contribution is -2.76. The Hall–Kier alpha value is -2.65. The molecule has 0 amide bonds. The molecule has 38 heavy (non-hydrogen) atoms. The van der Waals surface area contributed by atoms with Gasteiger partial charge in [0, 0.05) is 19.0 Å². The van der Waals surface area contributed by atoms with Gasteiger partial charge < -0.3 is 4.57 Å². The zero-order valence-corrected chi connectivity index (χ0v) is 23.9. The SMILES string of the molecule is C=CCCCCC1CC([Si](c2ccccc2)(c2ccccc2)N2CCCC3CCCN=C32)C2C=CC=CC12. The largest absolute Gasteiger partial charge is 0.378 e. The molecule has 0 N–H and O–H groups in total. The summed E-state index contributed by atoms with van der Waals surface area (Å²) in [5, 5.41) is 3.17. The van der Waals surface area contributed by atoms with Gasteiger partial charge in [-0.25, -0.2) is 0 Å². The maximum Gasteiger partial charge on any atom is 0.225 e. The second-order valence-electron chi connectivity index (χ2n) is 12.0. The lowest BCUT2D eigenvalue weighted by Gasteiger charge is -2.53. The van der Waals surface area contributed by atoms with Crippen molar-refractivity contribution in [3.05, 3.63) is 97.6 Å². The van der Waals surface area contributed by atoms with Crippen LogP contribution in [0.4, 0.5) is 0 Å². The Balaban J connectivity index is 1.52. The van der Waals surface area contributed by atoms with Crippen LogP contribution in [0.5, 0.6) is 0 Å². The predicted octanol–water partition coefficient (Wildman–Crippen LogP) is 7.15. The molecule has 6 rings (SSSR count). The van der Waals surface area contributed by atoms with Gasteiger partial charge in [-0.15, -0.1) is 6.58 Å². The summed E-state index contributed by atoms with van der Waals surface area (Å²) >= 11 is 0. The van der Waals surface area contributed by atoms with Crippen LogP contribution in [0.1, 0.15) is 57.8 Å². The van der Waals surface area contributed by atoms with Crippen molar-refractivity contribution < 1.29 is 0 Å². The fraction of sp³-hybridized carbons (Fsp3) is 0.457. The van der Waals surface area contributed by atoms with E-state index in [9.17, 15) is 0 Å². The number of piperidine rings is 1. The first kappa shape index (κ1) is 25.6. The Morgan fingerprint density at radius 2 is 1.55 bits per heavy atom. The highest BCUT2D eigenvalue weighted by atomic mass is 28.3. The van der Waals surface area contributed by atoms with Gasteiger partial charge in [0.2, 0.25) is 8.24 Å². The fourth-order valence-corrected chi connectivity index (χ4v) is 14.7. The molecule has 198 valence electrons. The maximum atomic E-state index is 5.35. The standard InChI is InChI=1S/C35H44N2Si/c1-2-3-4-7-16-29-27-34(33-24-13-12-23-32(29)33)38(30-19-8-5-9-20-30,31-21-10-6-11-22-31)37-26-15-18-28-17-14-25-36-35(28)37/h2,5-6,8-13,19-24,28-29,32-34H,1,3-4,7,14-18,25-27H2. The van der Waals surface area contributed by atoms with Crippen molar-refractivity contribution in [1.29, 1.82) is 0 Å². The van der Waals surface area contributed by atoms with E-state index in [1.165, 1.54) is 57.2 Å². The van der Waals surface area contributed by atoms with Gasteiger partial charge in [0.25, 0.3) is 0 Å². The normalized spacial score (nSPS) is 28.5. The number of amidine groups is 1. The third-order valence-electron chi connectivity index (χ3n) is 9.97. The van der Waals surface area contributed by atoms with Crippen LogP contribution in [0.3, 0.4) is 0 Å². The summed E-state index contributed by atoms with van der Waals surface area (Å²) in [7, 11) is -2.43. The highest BCUT2D eigenvalue weighted by molar-refractivity contribution is 7.02. The molecular formula is C35H44N2Si. The molecule has 5 unspecified atom stereocenters. The molecule has 0 spiro atoms. The number of hydrogen-bond donors (Lipinski definition) is 0. The quantitative estimate of drug-likeness (QED) is 0.195. The van der Waals surface area contributed by atoms with E-state index in [1.54, 1.807) is 10.4 Å². The van der Waals surface area contributed by atoms with Crippen molar-refractivity contribution >= 4 is 24.4 Å². The van der Waals surface area contributed by atoms with Gasteiger partial charge in [-0.1, -0.05) is 97.5 Å². The van der Waals surface area contributed by atoms with Crippen LogP contribution in [0.2, 0.25) is 5.54 Å². The molecule has 3 heteroatoms. The van der Waals surface area contributed by atoms with Crippen LogP contribution in [0, 0.1) is 23.7 Å². The number of aliphatic imine (C=N–C) groups is 1. The van der Waals surface area contributed by atoms with E-state index in [0.717, 1.165) is 25.4 Å². The molecule has 5 atom stereocenters. The van der Waals surface area contributed by atoms with Crippen molar-refractivity contribution in [2.45, 2.75) is 63.3 Å². The maximum absolute atomic E-state index is 5.35. The van der Waals surface area contributed by atoms with Gasteiger partial charge in [0.15, 0.2) is 0 Å². The Labute approximate surface area is 231 Å². The van der Waals surface area contributed by atoms with Gasteiger partial charge in [-0.2, -0.15) is 0 Å². The topological polar surface area (TPSA) is 15.6 Å². The minimum Gasteiger partial charge on any atom is -0.378 e. The van der Waals surface area contributed by atoms with E-state index in [4.69, 9.17) is 4.99 Å². The number of hydrogen-bond acceptors (Lipinski definition) is 2. The van der Waals surface area contributed by atoms with Crippen LogP contribution >= 0.6 is 0 Å². The number of unbranched alkanes of at least 4 members (excludes halogenated alkanes) is 2. The molecule has 2 aromatic carbocycles. The average molecular weight is 521 g/mol. The molecule has 1 saturated heterocycles. The molecule has 2 aliphatic carbocycles. The van der Waals surface area contributed by atoms with Crippen molar-refractivity contribution in [1.82, 2.24) is 4.57 Å². The fourth-order valence-electron chi connectivity index (χ4n) is 8.44. The van der Waals surface area contributed by atoms with E-state index in [0.29, 0.717) is 23.3 Å². The molecule has 0 aromatic heterocycles. The first-order chi connectivity index (χ1) is 18.8. The zero-order chi connectivity index (χ0) is 25.8. The third-order valence-corrected chi connectivity index (χ3v) is 15.4. The molecule has 0 radical (unpaired) electrons. The Morgan fingerprint density at radius 3 is 2.26 bits per heavy atom. The minimum atomic E-state index is -2.43. The summed E-state index contributed by atoms with van der Waals surface area (Å²) in [6.07, 6.45) is 23.5. The smallest absolute Gasteiger partial charge is 0.225 e. The second kappa shape index (κ2) is 11.6. The number of allylic oxidation sites excluding steroid dienone is 5. The molecule has 2 fully saturated rings. The van der Waals surface area contributed by atoms with E-state index in [-0.39, 0.29) is 0 Å². The monoisotopic (exact) mass is 520 g/mol. The van der Waals surface area contributed by atoms with Crippen LogP contribution < -0.4 is 10.4 Å². The molecule has 2 aromatic rings. The summed E-state index contributed by atoms with van der Waals surface area (Å²) < 4.78 is 2.97. The highest BCUT2D eigenvalue weighted by Crippen LogP contribution is 2.55. The summed E-state index contributed by atoms with van der Waals surface area (Å²) in [5.41, 5.74) is 0.631. The Kier molecular flexibility index (Phi) is 7.83.